The van der Waals surface area contributed by atoms with Gasteiger partial charge in [-0.2, -0.15) is 31.4 Å². The first-order chi connectivity index (χ1) is 18.6. The highest BCUT2D eigenvalue weighted by atomic mass is 19.4. The number of likely N-dealkylation sites (N-methyl/N-ethyl adjacent to an activating group) is 1. The van der Waals surface area contributed by atoms with Gasteiger partial charge in [0.2, 0.25) is 5.91 Å². The van der Waals surface area contributed by atoms with E-state index in [1.807, 2.05) is 6.92 Å². The van der Waals surface area contributed by atoms with Crippen LogP contribution in [0.4, 0.5) is 32.0 Å². The maximum atomic E-state index is 13.9. The molecular formula is C28H26F6N4O2. The lowest BCUT2D eigenvalue weighted by atomic mass is 9.81. The minimum Gasteiger partial charge on any atom is -0.392 e. The summed E-state index contributed by atoms with van der Waals surface area (Å²) in [6.45, 7) is 4.57. The molecule has 0 radical (unpaired) electrons. The Hall–Kier alpha value is -3.93. The van der Waals surface area contributed by atoms with Crippen LogP contribution in [-0.4, -0.2) is 32.8 Å². The molecule has 0 bridgehead atoms. The Morgan fingerprint density at radius 2 is 1.52 bits per heavy atom. The Balaban J connectivity index is 1.91. The fourth-order valence-corrected chi connectivity index (χ4v) is 4.66. The van der Waals surface area contributed by atoms with Gasteiger partial charge in [0.1, 0.15) is 0 Å². The third-order valence-corrected chi connectivity index (χ3v) is 6.91. The number of pyridine rings is 1. The summed E-state index contributed by atoms with van der Waals surface area (Å²) in [5.41, 5.74) is -2.94. The van der Waals surface area contributed by atoms with Crippen molar-refractivity contribution in [3.05, 3.63) is 77.1 Å². The lowest BCUT2D eigenvalue weighted by Gasteiger charge is -2.32. The second kappa shape index (κ2) is 10.2. The smallest absolute Gasteiger partial charge is 0.392 e. The van der Waals surface area contributed by atoms with Crippen LogP contribution >= 0.6 is 0 Å². The van der Waals surface area contributed by atoms with E-state index in [2.05, 4.69) is 10.1 Å². The SMILES string of the molecule is CCn1ncc2c(-c3ccccc3CO)c(N(C)C(=O)C(C)(C)c3cc(C(F)(F)F)cc(C(F)(F)F)c3)cnc21. The van der Waals surface area contributed by atoms with Crippen LogP contribution in [0.25, 0.3) is 22.2 Å². The molecule has 0 spiro atoms. The summed E-state index contributed by atoms with van der Waals surface area (Å²) < 4.78 is 82.9. The van der Waals surface area contributed by atoms with Gasteiger partial charge in [-0.05, 0) is 55.7 Å². The number of anilines is 1. The van der Waals surface area contributed by atoms with Gasteiger partial charge in [-0.25, -0.2) is 9.67 Å². The number of rotatable bonds is 6. The molecule has 4 aromatic rings. The summed E-state index contributed by atoms with van der Waals surface area (Å²) in [5, 5.41) is 14.9. The van der Waals surface area contributed by atoms with Crippen molar-refractivity contribution in [1.82, 2.24) is 14.8 Å². The predicted octanol–water partition coefficient (Wildman–Crippen LogP) is 6.59. The van der Waals surface area contributed by atoms with Gasteiger partial charge in [-0.3, -0.25) is 4.79 Å². The van der Waals surface area contributed by atoms with Gasteiger partial charge in [0.05, 0.1) is 41.2 Å². The van der Waals surface area contributed by atoms with Gasteiger partial charge >= 0.3 is 12.4 Å². The fourth-order valence-electron chi connectivity index (χ4n) is 4.66. The van der Waals surface area contributed by atoms with Gasteiger partial charge in [-0.1, -0.05) is 24.3 Å². The number of halogens is 6. The van der Waals surface area contributed by atoms with Crippen molar-refractivity contribution in [3.63, 3.8) is 0 Å². The molecule has 1 N–H and O–H groups in total. The van der Waals surface area contributed by atoms with Crippen LogP contribution < -0.4 is 4.90 Å². The molecule has 6 nitrogen and oxygen atoms in total. The molecule has 0 aliphatic carbocycles. The van der Waals surface area contributed by atoms with Gasteiger partial charge < -0.3 is 10.0 Å². The first kappa shape index (κ1) is 29.1. The Labute approximate surface area is 225 Å². The largest absolute Gasteiger partial charge is 0.416 e. The van der Waals surface area contributed by atoms with Gasteiger partial charge in [-0.15, -0.1) is 0 Å². The zero-order chi connectivity index (χ0) is 29.6. The van der Waals surface area contributed by atoms with Crippen LogP contribution in [0.3, 0.4) is 0 Å². The lowest BCUT2D eigenvalue weighted by Crippen LogP contribution is -2.42. The van der Waals surface area contributed by atoms with Crippen LogP contribution in [-0.2, 0) is 35.7 Å². The molecule has 0 saturated heterocycles. The minimum atomic E-state index is -5.06. The number of aliphatic hydroxyl groups is 1. The van der Waals surface area contributed by atoms with Gasteiger partial charge in [0.15, 0.2) is 5.65 Å². The summed E-state index contributed by atoms with van der Waals surface area (Å²) in [6.07, 6.45) is -7.15. The Morgan fingerprint density at radius 3 is 2.08 bits per heavy atom. The van der Waals surface area contributed by atoms with Gasteiger partial charge in [0, 0.05) is 24.5 Å². The van der Waals surface area contributed by atoms with Crippen molar-refractivity contribution in [2.24, 2.45) is 0 Å². The number of nitrogens with zero attached hydrogens (tertiary/aromatic N) is 4. The van der Waals surface area contributed by atoms with Crippen LogP contribution in [0.1, 0.15) is 43.0 Å². The zero-order valence-corrected chi connectivity index (χ0v) is 22.0. The number of carbonyl (C=O) groups excluding carboxylic acids is 1. The average molecular weight is 565 g/mol. The van der Waals surface area contributed by atoms with E-state index in [1.165, 1.54) is 27.1 Å². The molecule has 1 amide bonds. The predicted molar refractivity (Wildman–Crippen MR) is 137 cm³/mol. The third-order valence-electron chi connectivity index (χ3n) is 6.91. The lowest BCUT2D eigenvalue weighted by molar-refractivity contribution is -0.143. The fraction of sp³-hybridized carbons (Fsp3) is 0.321. The van der Waals surface area contributed by atoms with E-state index >= 15 is 0 Å². The van der Waals surface area contributed by atoms with Crippen molar-refractivity contribution in [2.75, 3.05) is 11.9 Å². The highest BCUT2D eigenvalue weighted by Crippen LogP contribution is 2.42. The molecule has 0 atom stereocenters. The first-order valence-electron chi connectivity index (χ1n) is 12.2. The summed E-state index contributed by atoms with van der Waals surface area (Å²) >= 11 is 0. The van der Waals surface area contributed by atoms with Crippen LogP contribution in [0.2, 0.25) is 0 Å². The summed E-state index contributed by atoms with van der Waals surface area (Å²) in [7, 11) is 1.38. The highest BCUT2D eigenvalue weighted by Gasteiger charge is 2.41. The standard InChI is InChI=1S/C28H26F6N4O2/c1-5-38-24-21(13-36-38)23(20-9-7-6-8-16(20)15-39)22(14-35-24)37(4)25(40)26(2,3)17-10-18(27(29,30)31)12-19(11-17)28(32,33)34/h6-14,39H,5,15H2,1-4H3. The quantitative estimate of drug-likeness (QED) is 0.268. The number of aromatic nitrogens is 3. The number of benzene rings is 2. The molecule has 2 aromatic carbocycles. The number of amides is 1. The Kier molecular flexibility index (Phi) is 7.44. The van der Waals surface area contributed by atoms with E-state index in [1.54, 1.807) is 35.1 Å². The van der Waals surface area contributed by atoms with E-state index < -0.39 is 40.4 Å². The van der Waals surface area contributed by atoms with E-state index in [0.717, 1.165) is 4.90 Å². The molecule has 2 aromatic heterocycles. The number of hydrogen-bond donors (Lipinski definition) is 1. The minimum absolute atomic E-state index is 0.0287. The molecule has 0 fully saturated rings. The number of aryl methyl sites for hydroxylation is 1. The highest BCUT2D eigenvalue weighted by molar-refractivity contribution is 6.08. The number of aliphatic hydroxyl groups excluding tert-OH is 1. The Morgan fingerprint density at radius 1 is 0.950 bits per heavy atom. The number of fused-ring (bicyclic) bond motifs is 1. The van der Waals surface area contributed by atoms with E-state index in [-0.39, 0.29) is 18.4 Å². The Bertz CT molecular complexity index is 1540. The van der Waals surface area contributed by atoms with Crippen molar-refractivity contribution in [1.29, 1.82) is 0 Å². The topological polar surface area (TPSA) is 71.2 Å². The third kappa shape index (κ3) is 5.15. The number of alkyl halides is 6. The van der Waals surface area contributed by atoms with E-state index in [4.69, 9.17) is 0 Å². The zero-order valence-electron chi connectivity index (χ0n) is 22.0. The molecule has 40 heavy (non-hydrogen) atoms. The van der Waals surface area contributed by atoms with E-state index in [0.29, 0.717) is 46.4 Å². The van der Waals surface area contributed by atoms with Crippen LogP contribution in [0.15, 0.2) is 54.9 Å². The van der Waals surface area contributed by atoms with E-state index in [9.17, 15) is 36.2 Å². The molecule has 4 rings (SSSR count). The average Bonchev–Trinajstić information content (AvgIpc) is 3.33. The molecule has 2 heterocycles. The molecule has 0 aliphatic rings. The molecule has 0 saturated carbocycles. The molecule has 0 unspecified atom stereocenters. The second-order valence-corrected chi connectivity index (χ2v) is 9.82. The normalized spacial score (nSPS) is 12.7. The molecule has 12 heteroatoms. The number of carbonyl (C=O) groups is 1. The van der Waals surface area contributed by atoms with Crippen molar-refractivity contribution < 1.29 is 36.2 Å². The second-order valence-electron chi connectivity index (χ2n) is 9.82. The van der Waals surface area contributed by atoms with Gasteiger partial charge in [0.25, 0.3) is 0 Å². The van der Waals surface area contributed by atoms with Crippen LogP contribution in [0.5, 0.6) is 0 Å². The van der Waals surface area contributed by atoms with Crippen molar-refractivity contribution in [2.45, 2.75) is 51.7 Å². The van der Waals surface area contributed by atoms with Crippen molar-refractivity contribution in [3.8, 4) is 11.1 Å². The monoisotopic (exact) mass is 564 g/mol. The summed E-state index contributed by atoms with van der Waals surface area (Å²) in [5.74, 6) is -0.772. The maximum absolute atomic E-state index is 13.9. The maximum Gasteiger partial charge on any atom is 0.416 e. The molecule has 212 valence electrons. The molecule has 0 aliphatic heterocycles. The summed E-state index contributed by atoms with van der Waals surface area (Å²) in [6, 6.07) is 8.06. The van der Waals surface area contributed by atoms with Crippen LogP contribution in [0, 0.1) is 0 Å². The summed E-state index contributed by atoms with van der Waals surface area (Å²) in [4.78, 5) is 19.5. The van der Waals surface area contributed by atoms with Crippen molar-refractivity contribution >= 4 is 22.6 Å². The number of hydrogen-bond acceptors (Lipinski definition) is 4. The first-order valence-corrected chi connectivity index (χ1v) is 12.2. The molecular weight excluding hydrogens is 538 g/mol.